The van der Waals surface area contributed by atoms with Gasteiger partial charge in [0.05, 0.1) is 30.8 Å². The molecule has 0 radical (unpaired) electrons. The lowest BCUT2D eigenvalue weighted by Crippen LogP contribution is -2.38. The summed E-state index contributed by atoms with van der Waals surface area (Å²) >= 11 is 0. The van der Waals surface area contributed by atoms with Crippen LogP contribution in [0.1, 0.15) is 30.0 Å². The first-order chi connectivity index (χ1) is 13.4. The van der Waals surface area contributed by atoms with Crippen LogP contribution in [0.3, 0.4) is 0 Å². The maximum atomic E-state index is 5.53. The van der Waals surface area contributed by atoms with E-state index in [0.29, 0.717) is 5.92 Å². The number of piperidine rings is 1. The zero-order valence-electron chi connectivity index (χ0n) is 15.6. The molecule has 0 atom stereocenters. The molecule has 2 aromatic heterocycles. The number of nitrogens with one attached hydrogen (secondary N) is 1. The molecule has 0 unspecified atom stereocenters. The van der Waals surface area contributed by atoms with Crippen molar-refractivity contribution in [3.8, 4) is 0 Å². The van der Waals surface area contributed by atoms with Crippen molar-refractivity contribution in [1.29, 1.82) is 0 Å². The molecule has 7 heteroatoms. The zero-order valence-corrected chi connectivity index (χ0v) is 15.6. The number of ether oxygens (including phenoxy) is 1. The van der Waals surface area contributed by atoms with E-state index in [1.54, 1.807) is 0 Å². The second-order valence-corrected chi connectivity index (χ2v) is 7.45. The Labute approximate surface area is 159 Å². The fourth-order valence-corrected chi connectivity index (χ4v) is 4.37. The van der Waals surface area contributed by atoms with E-state index < -0.39 is 0 Å². The van der Waals surface area contributed by atoms with E-state index in [2.05, 4.69) is 26.2 Å². The Morgan fingerprint density at radius 1 is 1.07 bits per heavy atom. The van der Waals surface area contributed by atoms with Crippen LogP contribution in [0.15, 0.2) is 24.5 Å². The minimum absolute atomic E-state index is 0.525. The van der Waals surface area contributed by atoms with Crippen molar-refractivity contribution in [3.05, 3.63) is 35.8 Å². The third-order valence-electron chi connectivity index (χ3n) is 5.82. The minimum atomic E-state index is 0.525. The highest BCUT2D eigenvalue weighted by atomic mass is 16.5. The molecular formula is C20H26N6O. The SMILES string of the molecule is c1cncc(N2CCc3c(C4CCNCC4)nc(N4CCOCC4)nc32)c1. The molecule has 0 aromatic carbocycles. The highest BCUT2D eigenvalue weighted by Crippen LogP contribution is 2.39. The molecule has 5 rings (SSSR count). The standard InChI is InChI=1S/C20H26N6O/c1-2-16(14-22-6-1)26-9-5-17-18(15-3-7-21-8-4-15)23-20(24-19(17)26)25-10-12-27-13-11-25/h1-2,6,14-15,21H,3-5,7-13H2. The maximum absolute atomic E-state index is 5.53. The second kappa shape index (κ2) is 7.40. The Hall–Kier alpha value is -2.25. The second-order valence-electron chi connectivity index (χ2n) is 7.45. The third-order valence-corrected chi connectivity index (χ3v) is 5.82. The third kappa shape index (κ3) is 3.26. The van der Waals surface area contributed by atoms with Crippen LogP contribution in [0.25, 0.3) is 0 Å². The topological polar surface area (TPSA) is 66.4 Å². The molecule has 27 heavy (non-hydrogen) atoms. The van der Waals surface area contributed by atoms with Crippen molar-refractivity contribution in [2.45, 2.75) is 25.2 Å². The quantitative estimate of drug-likeness (QED) is 0.889. The van der Waals surface area contributed by atoms with Gasteiger partial charge in [-0.1, -0.05) is 0 Å². The Morgan fingerprint density at radius 2 is 1.93 bits per heavy atom. The summed E-state index contributed by atoms with van der Waals surface area (Å²) < 4.78 is 5.53. The van der Waals surface area contributed by atoms with E-state index in [9.17, 15) is 0 Å². The Bertz CT molecular complexity index is 787. The number of rotatable bonds is 3. The van der Waals surface area contributed by atoms with E-state index in [-0.39, 0.29) is 0 Å². The highest BCUT2D eigenvalue weighted by Gasteiger charge is 2.31. The lowest BCUT2D eigenvalue weighted by atomic mass is 9.91. The van der Waals surface area contributed by atoms with E-state index in [1.807, 2.05) is 18.5 Å². The molecule has 1 N–H and O–H groups in total. The van der Waals surface area contributed by atoms with Crippen LogP contribution < -0.4 is 15.1 Å². The minimum Gasteiger partial charge on any atom is -0.378 e. The van der Waals surface area contributed by atoms with Crippen LogP contribution in [0, 0.1) is 0 Å². The molecule has 142 valence electrons. The molecule has 3 aliphatic rings. The van der Waals surface area contributed by atoms with E-state index >= 15 is 0 Å². The molecule has 0 aliphatic carbocycles. The highest BCUT2D eigenvalue weighted by molar-refractivity contribution is 5.68. The van der Waals surface area contributed by atoms with Crippen LogP contribution in [-0.4, -0.2) is 60.9 Å². The first-order valence-electron chi connectivity index (χ1n) is 10.0. The van der Waals surface area contributed by atoms with Gasteiger partial charge in [-0.15, -0.1) is 0 Å². The Kier molecular flexibility index (Phi) is 4.63. The number of pyridine rings is 1. The Balaban J connectivity index is 1.57. The molecule has 7 nitrogen and oxygen atoms in total. The van der Waals surface area contributed by atoms with Gasteiger partial charge >= 0.3 is 0 Å². The van der Waals surface area contributed by atoms with Crippen molar-refractivity contribution in [2.75, 3.05) is 55.7 Å². The van der Waals surface area contributed by atoms with Crippen molar-refractivity contribution in [1.82, 2.24) is 20.3 Å². The fraction of sp³-hybridized carbons (Fsp3) is 0.550. The molecule has 0 spiro atoms. The average molecular weight is 366 g/mol. The van der Waals surface area contributed by atoms with Gasteiger partial charge in [-0.25, -0.2) is 4.98 Å². The lowest BCUT2D eigenvalue weighted by Gasteiger charge is -2.30. The van der Waals surface area contributed by atoms with Gasteiger partial charge in [-0.3, -0.25) is 4.98 Å². The summed E-state index contributed by atoms with van der Waals surface area (Å²) in [6, 6.07) is 4.11. The average Bonchev–Trinajstić information content (AvgIpc) is 3.19. The van der Waals surface area contributed by atoms with Crippen molar-refractivity contribution < 1.29 is 4.74 Å². The summed E-state index contributed by atoms with van der Waals surface area (Å²) in [5.74, 6) is 2.46. The first kappa shape index (κ1) is 16.9. The summed E-state index contributed by atoms with van der Waals surface area (Å²) in [5, 5.41) is 3.48. The molecule has 2 fully saturated rings. The van der Waals surface area contributed by atoms with Crippen molar-refractivity contribution >= 4 is 17.5 Å². The summed E-state index contributed by atoms with van der Waals surface area (Å²) in [4.78, 5) is 19.0. The van der Waals surface area contributed by atoms with Gasteiger partial charge in [0.25, 0.3) is 0 Å². The maximum Gasteiger partial charge on any atom is 0.227 e. The molecule has 2 aromatic rings. The van der Waals surface area contributed by atoms with Gasteiger partial charge in [-0.2, -0.15) is 4.98 Å². The normalized spacial score (nSPS) is 20.7. The number of fused-ring (bicyclic) bond motifs is 1. The number of aromatic nitrogens is 3. The van der Waals surface area contributed by atoms with Gasteiger partial charge in [0.2, 0.25) is 5.95 Å². The van der Waals surface area contributed by atoms with Gasteiger partial charge < -0.3 is 19.9 Å². The fourth-order valence-electron chi connectivity index (χ4n) is 4.37. The number of morpholine rings is 1. The van der Waals surface area contributed by atoms with Gasteiger partial charge in [0.15, 0.2) is 0 Å². The summed E-state index contributed by atoms with van der Waals surface area (Å²) in [6.07, 6.45) is 7.06. The molecule has 5 heterocycles. The molecule has 3 aliphatic heterocycles. The van der Waals surface area contributed by atoms with Gasteiger partial charge in [-0.05, 0) is 44.5 Å². The Morgan fingerprint density at radius 3 is 2.70 bits per heavy atom. The molecule has 2 saturated heterocycles. The van der Waals surface area contributed by atoms with Crippen LogP contribution in [0.4, 0.5) is 17.5 Å². The van der Waals surface area contributed by atoms with E-state index in [0.717, 1.165) is 82.7 Å². The number of nitrogens with zero attached hydrogens (tertiary/aromatic N) is 5. The van der Waals surface area contributed by atoms with Crippen molar-refractivity contribution in [2.24, 2.45) is 0 Å². The predicted octanol–water partition coefficient (Wildman–Crippen LogP) is 1.87. The molecule has 0 amide bonds. The number of anilines is 3. The smallest absolute Gasteiger partial charge is 0.227 e. The van der Waals surface area contributed by atoms with E-state index in [4.69, 9.17) is 14.7 Å². The summed E-state index contributed by atoms with van der Waals surface area (Å²) in [6.45, 7) is 6.30. The molecular weight excluding hydrogens is 340 g/mol. The molecule has 0 bridgehead atoms. The predicted molar refractivity (Wildman–Crippen MR) is 105 cm³/mol. The number of hydrogen-bond donors (Lipinski definition) is 1. The van der Waals surface area contributed by atoms with E-state index in [1.165, 1.54) is 11.3 Å². The van der Waals surface area contributed by atoms with Crippen LogP contribution in [-0.2, 0) is 11.2 Å². The summed E-state index contributed by atoms with van der Waals surface area (Å²) in [7, 11) is 0. The van der Waals surface area contributed by atoms with Crippen LogP contribution in [0.2, 0.25) is 0 Å². The number of hydrogen-bond acceptors (Lipinski definition) is 7. The van der Waals surface area contributed by atoms with Crippen molar-refractivity contribution in [3.63, 3.8) is 0 Å². The van der Waals surface area contributed by atoms with Crippen LogP contribution >= 0.6 is 0 Å². The van der Waals surface area contributed by atoms with Crippen LogP contribution in [0.5, 0.6) is 0 Å². The lowest BCUT2D eigenvalue weighted by molar-refractivity contribution is 0.122. The molecule has 0 saturated carbocycles. The first-order valence-corrected chi connectivity index (χ1v) is 10.0. The largest absolute Gasteiger partial charge is 0.378 e. The van der Waals surface area contributed by atoms with Gasteiger partial charge in [0.1, 0.15) is 5.82 Å². The zero-order chi connectivity index (χ0) is 18.1. The summed E-state index contributed by atoms with van der Waals surface area (Å²) in [5.41, 5.74) is 3.72. The monoisotopic (exact) mass is 366 g/mol. The van der Waals surface area contributed by atoms with Gasteiger partial charge in [0, 0.05) is 37.3 Å².